The Morgan fingerprint density at radius 3 is 2.38 bits per heavy atom. The second-order valence-electron chi connectivity index (χ2n) is 4.17. The van der Waals surface area contributed by atoms with Crippen molar-refractivity contribution < 1.29 is 18.3 Å². The van der Waals surface area contributed by atoms with Gasteiger partial charge in [-0.25, -0.2) is 0 Å². The monoisotopic (exact) mass is 257 g/mol. The van der Waals surface area contributed by atoms with Gasteiger partial charge in [0.1, 0.15) is 0 Å². The zero-order chi connectivity index (χ0) is 12.0. The molecule has 0 bridgehead atoms. The third-order valence-corrected chi connectivity index (χ3v) is 3.53. The number of aliphatic hydroxyl groups is 1. The molecule has 0 heterocycles. The molecule has 1 fully saturated rings. The summed E-state index contributed by atoms with van der Waals surface area (Å²) < 4.78 is 35.4. The van der Waals surface area contributed by atoms with E-state index in [9.17, 15) is 18.3 Å². The Labute approximate surface area is 98.0 Å². The van der Waals surface area contributed by atoms with Gasteiger partial charge < -0.3 is 10.4 Å². The molecule has 1 aliphatic carbocycles. The summed E-state index contributed by atoms with van der Waals surface area (Å²) >= 11 is 0.0181. The number of aliphatic hydroxyl groups excluding tert-OH is 1. The Morgan fingerprint density at radius 2 is 1.81 bits per heavy atom. The number of hydrogen-bond acceptors (Lipinski definition) is 3. The fraction of sp³-hybridized carbons (Fsp3) is 1.00. The number of nitrogens with one attached hydrogen (secondary N) is 1. The third-order valence-electron chi connectivity index (χ3n) is 2.79. The predicted octanol–water partition coefficient (Wildman–Crippen LogP) is 2.38. The van der Waals surface area contributed by atoms with Gasteiger partial charge >= 0.3 is 5.51 Å². The van der Waals surface area contributed by atoms with Crippen LogP contribution in [0.4, 0.5) is 13.2 Å². The van der Waals surface area contributed by atoms with Crippen molar-refractivity contribution in [1.29, 1.82) is 0 Å². The Hall–Kier alpha value is 0.0600. The van der Waals surface area contributed by atoms with Crippen LogP contribution in [0.3, 0.4) is 0 Å². The van der Waals surface area contributed by atoms with Crippen LogP contribution in [0.1, 0.15) is 25.7 Å². The lowest BCUT2D eigenvalue weighted by Gasteiger charge is -2.25. The van der Waals surface area contributed by atoms with E-state index in [2.05, 4.69) is 5.32 Å². The number of halogens is 3. The van der Waals surface area contributed by atoms with E-state index in [-0.39, 0.29) is 23.6 Å². The van der Waals surface area contributed by atoms with E-state index in [1.165, 1.54) is 0 Å². The van der Waals surface area contributed by atoms with Gasteiger partial charge in [0.05, 0.1) is 6.10 Å². The van der Waals surface area contributed by atoms with Gasteiger partial charge in [-0.3, -0.25) is 0 Å². The highest BCUT2D eigenvalue weighted by molar-refractivity contribution is 8.00. The molecule has 1 rings (SSSR count). The molecule has 1 saturated carbocycles. The van der Waals surface area contributed by atoms with E-state index in [4.69, 9.17) is 0 Å². The first kappa shape index (κ1) is 14.1. The summed E-state index contributed by atoms with van der Waals surface area (Å²) in [5.41, 5.74) is -4.11. The van der Waals surface area contributed by atoms with Crippen molar-refractivity contribution in [2.24, 2.45) is 5.92 Å². The Morgan fingerprint density at radius 1 is 1.19 bits per heavy atom. The van der Waals surface area contributed by atoms with Crippen molar-refractivity contribution in [2.45, 2.75) is 37.3 Å². The van der Waals surface area contributed by atoms with Crippen LogP contribution in [0.25, 0.3) is 0 Å². The normalized spacial score (nSPS) is 27.0. The first-order chi connectivity index (χ1) is 7.47. The van der Waals surface area contributed by atoms with E-state index in [1.807, 2.05) is 0 Å². The average Bonchev–Trinajstić information content (AvgIpc) is 2.19. The van der Waals surface area contributed by atoms with Crippen molar-refractivity contribution in [3.05, 3.63) is 0 Å². The third kappa shape index (κ3) is 6.60. The maximum Gasteiger partial charge on any atom is 0.441 e. The molecule has 96 valence electrons. The number of rotatable bonds is 5. The zero-order valence-electron chi connectivity index (χ0n) is 9.09. The van der Waals surface area contributed by atoms with Gasteiger partial charge in [-0.1, -0.05) is 0 Å². The molecule has 1 aliphatic rings. The molecular formula is C10H18F3NOS. The van der Waals surface area contributed by atoms with Crippen molar-refractivity contribution in [3.8, 4) is 0 Å². The maximum atomic E-state index is 11.8. The second-order valence-corrected chi connectivity index (χ2v) is 5.33. The summed E-state index contributed by atoms with van der Waals surface area (Å²) in [4.78, 5) is 0. The summed E-state index contributed by atoms with van der Waals surface area (Å²) in [6, 6.07) is 0. The van der Waals surface area contributed by atoms with Crippen LogP contribution in [0.15, 0.2) is 0 Å². The van der Waals surface area contributed by atoms with E-state index >= 15 is 0 Å². The van der Waals surface area contributed by atoms with Gasteiger partial charge in [-0.2, -0.15) is 13.2 Å². The highest BCUT2D eigenvalue weighted by Gasteiger charge is 2.27. The SMILES string of the molecule is OC1CCC(CNCCSC(F)(F)F)CC1. The largest absolute Gasteiger partial charge is 0.441 e. The van der Waals surface area contributed by atoms with Gasteiger partial charge in [0.25, 0.3) is 0 Å². The van der Waals surface area contributed by atoms with Crippen LogP contribution < -0.4 is 5.32 Å². The topological polar surface area (TPSA) is 32.3 Å². The van der Waals surface area contributed by atoms with Gasteiger partial charge in [-0.05, 0) is 49.9 Å². The van der Waals surface area contributed by atoms with Crippen LogP contribution in [0, 0.1) is 5.92 Å². The van der Waals surface area contributed by atoms with Crippen molar-refractivity contribution >= 4 is 11.8 Å². The molecule has 0 atom stereocenters. The molecule has 2 N–H and O–H groups in total. The van der Waals surface area contributed by atoms with E-state index in [0.717, 1.165) is 32.2 Å². The fourth-order valence-corrected chi connectivity index (χ4v) is 2.37. The second kappa shape index (κ2) is 6.71. The van der Waals surface area contributed by atoms with Crippen LogP contribution >= 0.6 is 11.8 Å². The molecule has 0 aromatic heterocycles. The molecule has 0 aromatic rings. The summed E-state index contributed by atoms with van der Waals surface area (Å²) in [6.07, 6.45) is 3.42. The molecule has 16 heavy (non-hydrogen) atoms. The summed E-state index contributed by atoms with van der Waals surface area (Å²) in [5.74, 6) is 0.582. The van der Waals surface area contributed by atoms with Gasteiger partial charge in [0.2, 0.25) is 0 Å². The molecule has 0 amide bonds. The lowest BCUT2D eigenvalue weighted by atomic mass is 9.87. The minimum atomic E-state index is -4.11. The van der Waals surface area contributed by atoms with Crippen molar-refractivity contribution in [1.82, 2.24) is 5.32 Å². The van der Waals surface area contributed by atoms with Gasteiger partial charge in [0.15, 0.2) is 0 Å². The molecule has 0 spiro atoms. The first-order valence-electron chi connectivity index (χ1n) is 5.57. The highest BCUT2D eigenvalue weighted by Crippen LogP contribution is 2.29. The lowest BCUT2D eigenvalue weighted by Crippen LogP contribution is -2.29. The molecule has 0 aromatic carbocycles. The zero-order valence-corrected chi connectivity index (χ0v) is 9.91. The lowest BCUT2D eigenvalue weighted by molar-refractivity contribution is -0.0327. The maximum absolute atomic E-state index is 11.8. The fourth-order valence-electron chi connectivity index (χ4n) is 1.89. The smallest absolute Gasteiger partial charge is 0.393 e. The van der Waals surface area contributed by atoms with E-state index < -0.39 is 5.51 Å². The Kier molecular flexibility index (Phi) is 5.92. The molecule has 0 saturated heterocycles. The minimum absolute atomic E-state index is 0.0181. The Balaban J connectivity index is 1.95. The average molecular weight is 257 g/mol. The van der Waals surface area contributed by atoms with Crippen LogP contribution in [-0.4, -0.2) is 35.6 Å². The molecule has 0 radical (unpaired) electrons. The summed E-state index contributed by atoms with van der Waals surface area (Å²) in [6.45, 7) is 1.16. The summed E-state index contributed by atoms with van der Waals surface area (Å²) in [7, 11) is 0. The van der Waals surface area contributed by atoms with Gasteiger partial charge in [-0.15, -0.1) is 0 Å². The molecule has 0 aliphatic heterocycles. The number of alkyl halides is 3. The first-order valence-corrected chi connectivity index (χ1v) is 6.55. The van der Waals surface area contributed by atoms with Crippen molar-refractivity contribution in [3.63, 3.8) is 0 Å². The standard InChI is InChI=1S/C10H18F3NOS/c11-10(12,13)16-6-5-14-7-8-1-3-9(15)4-2-8/h8-9,14-15H,1-7H2. The molecule has 0 unspecified atom stereocenters. The quantitative estimate of drug-likeness (QED) is 0.742. The molecule has 6 heteroatoms. The summed E-state index contributed by atoms with van der Waals surface area (Å²) in [5, 5.41) is 12.3. The number of hydrogen-bond donors (Lipinski definition) is 2. The van der Waals surface area contributed by atoms with Crippen LogP contribution in [0.2, 0.25) is 0 Å². The minimum Gasteiger partial charge on any atom is -0.393 e. The Bertz CT molecular complexity index is 193. The number of thioether (sulfide) groups is 1. The predicted molar refractivity (Wildman–Crippen MR) is 59.3 cm³/mol. The molecular weight excluding hydrogens is 239 g/mol. The van der Waals surface area contributed by atoms with E-state index in [0.29, 0.717) is 12.5 Å². The van der Waals surface area contributed by atoms with Crippen molar-refractivity contribution in [2.75, 3.05) is 18.8 Å². The van der Waals surface area contributed by atoms with Crippen LogP contribution in [-0.2, 0) is 0 Å². The highest BCUT2D eigenvalue weighted by atomic mass is 32.2. The van der Waals surface area contributed by atoms with E-state index in [1.54, 1.807) is 0 Å². The van der Waals surface area contributed by atoms with Gasteiger partial charge in [0, 0.05) is 12.3 Å². The molecule has 2 nitrogen and oxygen atoms in total. The van der Waals surface area contributed by atoms with Crippen LogP contribution in [0.5, 0.6) is 0 Å².